The Morgan fingerprint density at radius 1 is 1.13 bits per heavy atom. The van der Waals surface area contributed by atoms with Gasteiger partial charge in [0.05, 0.1) is 12.1 Å². The normalized spacial score (nSPS) is 14.8. The summed E-state index contributed by atoms with van der Waals surface area (Å²) in [4.78, 5) is 19.6. The van der Waals surface area contributed by atoms with E-state index in [0.29, 0.717) is 12.3 Å². The lowest BCUT2D eigenvalue weighted by Gasteiger charge is -2.32. The predicted octanol–water partition coefficient (Wildman–Crippen LogP) is 4.88. The predicted molar refractivity (Wildman–Crippen MR) is 117 cm³/mol. The molecular weight excluding hydrogens is 398 g/mol. The van der Waals surface area contributed by atoms with Gasteiger partial charge in [-0.2, -0.15) is 0 Å². The zero-order valence-corrected chi connectivity index (χ0v) is 18.2. The highest BCUT2D eigenvalue weighted by molar-refractivity contribution is 6.30. The highest BCUT2D eigenvalue weighted by Crippen LogP contribution is 2.28. The molecule has 0 spiro atoms. The Morgan fingerprint density at radius 3 is 2.53 bits per heavy atom. The average Bonchev–Trinajstić information content (AvgIpc) is 3.08. The summed E-state index contributed by atoms with van der Waals surface area (Å²) in [5.41, 5.74) is 5.10. The van der Waals surface area contributed by atoms with E-state index >= 15 is 0 Å². The minimum Gasteiger partial charge on any atom is -0.361 e. The van der Waals surface area contributed by atoms with Gasteiger partial charge in [0.2, 0.25) is 5.91 Å². The SMILES string of the molecule is Cc1noc(C)c1CC(=O)N1CCC(c2cccc(Cc3ccc(Cl)cc3)n2)CC1. The smallest absolute Gasteiger partial charge is 0.227 e. The van der Waals surface area contributed by atoms with Crippen LogP contribution in [0.4, 0.5) is 0 Å². The standard InChI is InChI=1S/C24H26ClN3O2/c1-16-22(17(2)30-27-16)15-24(29)28-12-10-19(11-13-28)23-5-3-4-21(26-23)14-18-6-8-20(25)9-7-18/h3-9,19H,10-15H2,1-2H3. The Balaban J connectivity index is 1.36. The molecule has 0 bridgehead atoms. The van der Waals surface area contributed by atoms with Crippen molar-refractivity contribution < 1.29 is 9.32 Å². The molecule has 1 amide bonds. The van der Waals surface area contributed by atoms with E-state index in [1.165, 1.54) is 5.56 Å². The number of rotatable bonds is 5. The van der Waals surface area contributed by atoms with Crippen molar-refractivity contribution in [3.8, 4) is 0 Å². The van der Waals surface area contributed by atoms with Gasteiger partial charge in [0, 0.05) is 47.4 Å². The van der Waals surface area contributed by atoms with Gasteiger partial charge in [-0.25, -0.2) is 0 Å². The zero-order valence-electron chi connectivity index (χ0n) is 17.4. The summed E-state index contributed by atoms with van der Waals surface area (Å²) in [5, 5.41) is 4.69. The lowest BCUT2D eigenvalue weighted by Crippen LogP contribution is -2.39. The molecule has 156 valence electrons. The quantitative estimate of drug-likeness (QED) is 0.586. The second-order valence-electron chi connectivity index (χ2n) is 7.99. The number of carbonyl (C=O) groups excluding carboxylic acids is 1. The van der Waals surface area contributed by atoms with Crippen LogP contribution in [0.5, 0.6) is 0 Å². The number of aromatic nitrogens is 2. The van der Waals surface area contributed by atoms with E-state index in [9.17, 15) is 4.79 Å². The number of hydrogen-bond donors (Lipinski definition) is 0. The van der Waals surface area contributed by atoms with Crippen LogP contribution in [0.1, 0.15) is 52.7 Å². The van der Waals surface area contributed by atoms with Gasteiger partial charge >= 0.3 is 0 Å². The summed E-state index contributed by atoms with van der Waals surface area (Å²) in [5.74, 6) is 1.27. The van der Waals surface area contributed by atoms with Crippen LogP contribution >= 0.6 is 11.6 Å². The molecule has 0 atom stereocenters. The van der Waals surface area contributed by atoms with Crippen LogP contribution in [0, 0.1) is 13.8 Å². The molecule has 1 saturated heterocycles. The van der Waals surface area contributed by atoms with E-state index in [-0.39, 0.29) is 5.91 Å². The number of halogens is 1. The van der Waals surface area contributed by atoms with E-state index in [1.54, 1.807) is 0 Å². The van der Waals surface area contributed by atoms with Gasteiger partial charge < -0.3 is 9.42 Å². The summed E-state index contributed by atoms with van der Waals surface area (Å²) in [6, 6.07) is 14.2. The zero-order chi connectivity index (χ0) is 21.1. The molecule has 30 heavy (non-hydrogen) atoms. The summed E-state index contributed by atoms with van der Waals surface area (Å²) in [6.45, 7) is 5.26. The van der Waals surface area contributed by atoms with Gasteiger partial charge in [-0.05, 0) is 56.5 Å². The number of pyridine rings is 1. The molecule has 3 heterocycles. The number of amides is 1. The number of benzene rings is 1. The topological polar surface area (TPSA) is 59.2 Å². The van der Waals surface area contributed by atoms with Crippen molar-refractivity contribution in [1.82, 2.24) is 15.0 Å². The maximum Gasteiger partial charge on any atom is 0.227 e. The molecule has 2 aromatic heterocycles. The van der Waals surface area contributed by atoms with Crippen molar-refractivity contribution in [2.45, 2.75) is 45.4 Å². The van der Waals surface area contributed by atoms with Gasteiger partial charge in [-0.15, -0.1) is 0 Å². The summed E-state index contributed by atoms with van der Waals surface area (Å²) in [6.07, 6.45) is 3.02. The van der Waals surface area contributed by atoms with Crippen LogP contribution in [0.2, 0.25) is 5.02 Å². The molecule has 3 aromatic rings. The largest absolute Gasteiger partial charge is 0.361 e. The first-order valence-corrected chi connectivity index (χ1v) is 10.8. The molecule has 1 aliphatic rings. The first kappa shape index (κ1) is 20.6. The molecule has 6 heteroatoms. The second kappa shape index (κ2) is 9.00. The number of carbonyl (C=O) groups is 1. The third-order valence-corrected chi connectivity index (χ3v) is 6.15. The van der Waals surface area contributed by atoms with Crippen LogP contribution in [0.3, 0.4) is 0 Å². The first-order valence-electron chi connectivity index (χ1n) is 10.4. The van der Waals surface area contributed by atoms with Crippen molar-refractivity contribution >= 4 is 17.5 Å². The van der Waals surface area contributed by atoms with Crippen molar-refractivity contribution in [2.75, 3.05) is 13.1 Å². The molecule has 4 rings (SSSR count). The fourth-order valence-corrected chi connectivity index (χ4v) is 4.20. The van der Waals surface area contributed by atoms with Crippen molar-refractivity contribution in [3.05, 3.63) is 81.5 Å². The van der Waals surface area contributed by atoms with E-state index in [2.05, 4.69) is 23.4 Å². The van der Waals surface area contributed by atoms with Gasteiger partial charge in [0.1, 0.15) is 5.76 Å². The molecule has 0 aliphatic carbocycles. The third kappa shape index (κ3) is 4.73. The molecule has 0 saturated carbocycles. The molecule has 0 radical (unpaired) electrons. The average molecular weight is 424 g/mol. The number of aryl methyl sites for hydroxylation is 2. The maximum absolute atomic E-state index is 12.7. The van der Waals surface area contributed by atoms with Crippen LogP contribution in [0.15, 0.2) is 47.0 Å². The Labute approximate surface area is 182 Å². The molecule has 1 aliphatic heterocycles. The van der Waals surface area contributed by atoms with E-state index in [4.69, 9.17) is 21.1 Å². The molecular formula is C24H26ClN3O2. The lowest BCUT2D eigenvalue weighted by atomic mass is 9.92. The summed E-state index contributed by atoms with van der Waals surface area (Å²) < 4.78 is 5.18. The molecule has 1 aromatic carbocycles. The monoisotopic (exact) mass is 423 g/mol. The van der Waals surface area contributed by atoms with Crippen LogP contribution in [-0.2, 0) is 17.6 Å². The minimum absolute atomic E-state index is 0.146. The fraction of sp³-hybridized carbons (Fsp3) is 0.375. The number of nitrogens with zero attached hydrogens (tertiary/aromatic N) is 3. The van der Waals surface area contributed by atoms with Crippen molar-refractivity contribution in [1.29, 1.82) is 0 Å². The van der Waals surface area contributed by atoms with Crippen LogP contribution in [0.25, 0.3) is 0 Å². The minimum atomic E-state index is 0.146. The van der Waals surface area contributed by atoms with E-state index in [0.717, 1.165) is 65.8 Å². The summed E-state index contributed by atoms with van der Waals surface area (Å²) >= 11 is 5.98. The fourth-order valence-electron chi connectivity index (χ4n) is 4.08. The van der Waals surface area contributed by atoms with Crippen molar-refractivity contribution in [3.63, 3.8) is 0 Å². The molecule has 5 nitrogen and oxygen atoms in total. The lowest BCUT2D eigenvalue weighted by molar-refractivity contribution is -0.131. The number of piperidine rings is 1. The summed E-state index contributed by atoms with van der Waals surface area (Å²) in [7, 11) is 0. The van der Waals surface area contributed by atoms with Gasteiger partial charge in [0.25, 0.3) is 0 Å². The highest BCUT2D eigenvalue weighted by Gasteiger charge is 2.26. The third-order valence-electron chi connectivity index (χ3n) is 5.90. The number of likely N-dealkylation sites (tertiary alicyclic amines) is 1. The van der Waals surface area contributed by atoms with Crippen LogP contribution in [-0.4, -0.2) is 34.0 Å². The molecule has 1 fully saturated rings. The van der Waals surface area contributed by atoms with Gasteiger partial charge in [-0.1, -0.05) is 35.0 Å². The van der Waals surface area contributed by atoms with E-state index < -0.39 is 0 Å². The first-order chi connectivity index (χ1) is 14.5. The molecule has 0 unspecified atom stereocenters. The van der Waals surface area contributed by atoms with Crippen LogP contribution < -0.4 is 0 Å². The highest BCUT2D eigenvalue weighted by atomic mass is 35.5. The Bertz CT molecular complexity index is 1000. The Morgan fingerprint density at radius 2 is 1.87 bits per heavy atom. The Kier molecular flexibility index (Phi) is 6.18. The second-order valence-corrected chi connectivity index (χ2v) is 8.43. The molecule has 0 N–H and O–H groups in total. The van der Waals surface area contributed by atoms with E-state index in [1.807, 2.05) is 43.0 Å². The number of hydrogen-bond acceptors (Lipinski definition) is 4. The van der Waals surface area contributed by atoms with Crippen molar-refractivity contribution in [2.24, 2.45) is 0 Å². The maximum atomic E-state index is 12.7. The van der Waals surface area contributed by atoms with Gasteiger partial charge in [-0.3, -0.25) is 9.78 Å². The Hall–Kier alpha value is -2.66. The van der Waals surface area contributed by atoms with Gasteiger partial charge in [0.15, 0.2) is 0 Å².